The minimum absolute atomic E-state index is 0.189. The predicted octanol–water partition coefficient (Wildman–Crippen LogP) is 2.57. The average Bonchev–Trinajstić information content (AvgIpc) is 2.78. The maximum atomic E-state index is 13.1. The first-order valence-corrected chi connectivity index (χ1v) is 9.84. The van der Waals surface area contributed by atoms with E-state index in [-0.39, 0.29) is 11.9 Å². The Hall–Kier alpha value is -2.64. The van der Waals surface area contributed by atoms with Gasteiger partial charge in [0.15, 0.2) is 5.96 Å². The highest BCUT2D eigenvalue weighted by molar-refractivity contribution is 5.79. The molecule has 6 nitrogen and oxygen atoms in total. The summed E-state index contributed by atoms with van der Waals surface area (Å²) in [6.07, 6.45) is 0. The third kappa shape index (κ3) is 6.17. The van der Waals surface area contributed by atoms with E-state index < -0.39 is 0 Å². The Balaban J connectivity index is 1.63. The number of nitrogens with zero attached hydrogens (tertiary/aromatic N) is 2. The zero-order valence-electron chi connectivity index (χ0n) is 17.0. The van der Waals surface area contributed by atoms with Crippen LogP contribution in [0.15, 0.2) is 53.5 Å². The summed E-state index contributed by atoms with van der Waals surface area (Å²) < 4.78 is 23.9. The molecule has 0 spiro atoms. The Morgan fingerprint density at radius 1 is 1.10 bits per heavy atom. The molecule has 1 fully saturated rings. The molecule has 29 heavy (non-hydrogen) atoms. The predicted molar refractivity (Wildman–Crippen MR) is 113 cm³/mol. The van der Waals surface area contributed by atoms with Crippen molar-refractivity contribution < 1.29 is 13.9 Å². The summed E-state index contributed by atoms with van der Waals surface area (Å²) in [7, 11) is 3.42. The number of halogens is 1. The lowest BCUT2D eigenvalue weighted by Gasteiger charge is -2.35. The molecule has 1 aliphatic heterocycles. The molecule has 3 rings (SSSR count). The van der Waals surface area contributed by atoms with E-state index in [1.807, 2.05) is 12.1 Å². The molecule has 0 aliphatic carbocycles. The number of aliphatic imine (C=N–C) groups is 1. The molecular weight excluding hydrogens is 371 g/mol. The average molecular weight is 400 g/mol. The summed E-state index contributed by atoms with van der Waals surface area (Å²) in [5.41, 5.74) is 2.21. The van der Waals surface area contributed by atoms with Crippen molar-refractivity contribution in [1.82, 2.24) is 15.5 Å². The van der Waals surface area contributed by atoms with E-state index in [0.717, 1.165) is 37.6 Å². The molecule has 0 amide bonds. The Bertz CT molecular complexity index is 774. The minimum atomic E-state index is -0.232. The van der Waals surface area contributed by atoms with Crippen LogP contribution in [0.5, 0.6) is 5.75 Å². The van der Waals surface area contributed by atoms with Crippen LogP contribution in [-0.4, -0.2) is 57.9 Å². The number of guanidine groups is 1. The quantitative estimate of drug-likeness (QED) is 0.553. The van der Waals surface area contributed by atoms with Gasteiger partial charge in [-0.25, -0.2) is 4.39 Å². The molecule has 0 saturated carbocycles. The summed E-state index contributed by atoms with van der Waals surface area (Å²) in [5, 5.41) is 6.71. The molecule has 0 aromatic heterocycles. The van der Waals surface area contributed by atoms with Gasteiger partial charge < -0.3 is 20.1 Å². The van der Waals surface area contributed by atoms with Crippen LogP contribution in [0.1, 0.15) is 17.2 Å². The van der Waals surface area contributed by atoms with Gasteiger partial charge in [0.05, 0.1) is 26.4 Å². The summed E-state index contributed by atoms with van der Waals surface area (Å²) in [6, 6.07) is 14.8. The highest BCUT2D eigenvalue weighted by Gasteiger charge is 2.23. The van der Waals surface area contributed by atoms with Crippen molar-refractivity contribution >= 4 is 5.96 Å². The van der Waals surface area contributed by atoms with Gasteiger partial charge in [0.2, 0.25) is 0 Å². The Labute approximate surface area is 171 Å². The van der Waals surface area contributed by atoms with Crippen LogP contribution in [0.3, 0.4) is 0 Å². The molecule has 2 aromatic rings. The van der Waals surface area contributed by atoms with Crippen molar-refractivity contribution in [3.05, 3.63) is 65.5 Å². The Morgan fingerprint density at radius 3 is 2.41 bits per heavy atom. The van der Waals surface area contributed by atoms with Gasteiger partial charge in [-0.3, -0.25) is 9.89 Å². The van der Waals surface area contributed by atoms with E-state index in [2.05, 4.69) is 32.7 Å². The van der Waals surface area contributed by atoms with Crippen LogP contribution in [0, 0.1) is 5.82 Å². The molecule has 1 atom stereocenters. The molecule has 1 aliphatic rings. The molecular formula is C22H29FN4O2. The fraction of sp³-hybridized carbons (Fsp3) is 0.409. The van der Waals surface area contributed by atoms with Crippen molar-refractivity contribution in [2.24, 2.45) is 4.99 Å². The van der Waals surface area contributed by atoms with Gasteiger partial charge >= 0.3 is 0 Å². The fourth-order valence-corrected chi connectivity index (χ4v) is 3.37. The number of benzene rings is 2. The van der Waals surface area contributed by atoms with Crippen LogP contribution in [0.25, 0.3) is 0 Å². The summed E-state index contributed by atoms with van der Waals surface area (Å²) in [4.78, 5) is 6.74. The first-order valence-electron chi connectivity index (χ1n) is 9.84. The van der Waals surface area contributed by atoms with Crippen molar-refractivity contribution in [2.75, 3.05) is 47.0 Å². The monoisotopic (exact) mass is 400 g/mol. The van der Waals surface area contributed by atoms with Crippen molar-refractivity contribution in [3.63, 3.8) is 0 Å². The zero-order valence-corrected chi connectivity index (χ0v) is 17.0. The van der Waals surface area contributed by atoms with Crippen molar-refractivity contribution in [2.45, 2.75) is 12.6 Å². The first-order chi connectivity index (χ1) is 14.2. The number of hydrogen-bond acceptors (Lipinski definition) is 4. The smallest absolute Gasteiger partial charge is 0.191 e. The molecule has 2 aromatic carbocycles. The molecule has 0 radical (unpaired) electrons. The number of ether oxygens (including phenoxy) is 2. The topological polar surface area (TPSA) is 58.1 Å². The summed E-state index contributed by atoms with van der Waals surface area (Å²) >= 11 is 0. The second-order valence-electron chi connectivity index (χ2n) is 6.87. The van der Waals surface area contributed by atoms with Crippen LogP contribution in [-0.2, 0) is 11.3 Å². The normalized spacial score (nSPS) is 16.3. The highest BCUT2D eigenvalue weighted by Crippen LogP contribution is 2.23. The fourth-order valence-electron chi connectivity index (χ4n) is 3.37. The Kier molecular flexibility index (Phi) is 7.84. The van der Waals surface area contributed by atoms with Gasteiger partial charge in [0.1, 0.15) is 11.6 Å². The SMILES string of the molecule is CN=C(NCc1ccc(F)cc1)NCC(c1ccc(OC)cc1)N1CCOCC1. The standard InChI is InChI=1S/C22H29FN4O2/c1-24-22(25-15-17-3-7-19(23)8-4-17)26-16-21(27-11-13-29-14-12-27)18-5-9-20(28-2)10-6-18/h3-10,21H,11-16H2,1-2H3,(H2,24,25,26). The number of methoxy groups -OCH3 is 1. The zero-order chi connectivity index (χ0) is 20.5. The molecule has 1 saturated heterocycles. The van der Waals surface area contributed by atoms with Gasteiger partial charge in [-0.1, -0.05) is 24.3 Å². The van der Waals surface area contributed by atoms with E-state index in [9.17, 15) is 4.39 Å². The van der Waals surface area contributed by atoms with Crippen LogP contribution >= 0.6 is 0 Å². The Morgan fingerprint density at radius 2 is 1.79 bits per heavy atom. The number of hydrogen-bond donors (Lipinski definition) is 2. The van der Waals surface area contributed by atoms with Crippen LogP contribution < -0.4 is 15.4 Å². The molecule has 1 heterocycles. The molecule has 156 valence electrons. The van der Waals surface area contributed by atoms with Gasteiger partial charge in [0, 0.05) is 33.2 Å². The molecule has 2 N–H and O–H groups in total. The van der Waals surface area contributed by atoms with Crippen LogP contribution in [0.4, 0.5) is 4.39 Å². The van der Waals surface area contributed by atoms with Crippen LogP contribution in [0.2, 0.25) is 0 Å². The largest absolute Gasteiger partial charge is 0.497 e. The number of rotatable bonds is 7. The van der Waals surface area contributed by atoms with E-state index in [1.54, 1.807) is 26.3 Å². The van der Waals surface area contributed by atoms with Gasteiger partial charge in [-0.15, -0.1) is 0 Å². The summed E-state index contributed by atoms with van der Waals surface area (Å²) in [5.74, 6) is 1.32. The van der Waals surface area contributed by atoms with E-state index >= 15 is 0 Å². The second-order valence-corrected chi connectivity index (χ2v) is 6.87. The molecule has 1 unspecified atom stereocenters. The highest BCUT2D eigenvalue weighted by atomic mass is 19.1. The van der Waals surface area contributed by atoms with E-state index in [0.29, 0.717) is 19.0 Å². The molecule has 0 bridgehead atoms. The van der Waals surface area contributed by atoms with Gasteiger partial charge in [-0.05, 0) is 35.4 Å². The van der Waals surface area contributed by atoms with Gasteiger partial charge in [0.25, 0.3) is 0 Å². The third-order valence-electron chi connectivity index (χ3n) is 5.05. The van der Waals surface area contributed by atoms with E-state index in [1.165, 1.54) is 17.7 Å². The minimum Gasteiger partial charge on any atom is -0.497 e. The van der Waals surface area contributed by atoms with E-state index in [4.69, 9.17) is 9.47 Å². The number of morpholine rings is 1. The lowest BCUT2D eigenvalue weighted by molar-refractivity contribution is 0.0170. The molecule has 7 heteroatoms. The first kappa shape index (κ1) is 21.1. The number of nitrogens with one attached hydrogen (secondary N) is 2. The summed E-state index contributed by atoms with van der Waals surface area (Å²) in [6.45, 7) is 4.54. The second kappa shape index (κ2) is 10.8. The van der Waals surface area contributed by atoms with Gasteiger partial charge in [-0.2, -0.15) is 0 Å². The third-order valence-corrected chi connectivity index (χ3v) is 5.05. The van der Waals surface area contributed by atoms with Crippen molar-refractivity contribution in [3.8, 4) is 5.75 Å². The lowest BCUT2D eigenvalue weighted by Crippen LogP contribution is -2.46. The maximum Gasteiger partial charge on any atom is 0.191 e. The maximum absolute atomic E-state index is 13.1. The van der Waals surface area contributed by atoms with Crippen molar-refractivity contribution in [1.29, 1.82) is 0 Å². The lowest BCUT2D eigenvalue weighted by atomic mass is 10.0.